The zero-order valence-electron chi connectivity index (χ0n) is 9.45. The zero-order chi connectivity index (χ0) is 10.7. The zero-order valence-corrected chi connectivity index (χ0v) is 9.45. The summed E-state index contributed by atoms with van der Waals surface area (Å²) in [7, 11) is 0. The molecule has 0 bridgehead atoms. The normalized spacial score (nSPS) is 28.3. The monoisotopic (exact) mass is 212 g/mol. The Bertz CT molecular complexity index is 219. The molecule has 0 saturated carbocycles. The molecule has 0 N–H and O–H groups in total. The summed E-state index contributed by atoms with van der Waals surface area (Å²) < 4.78 is 5.42. The van der Waals surface area contributed by atoms with Crippen molar-refractivity contribution in [3.8, 4) is 0 Å². The minimum absolute atomic E-state index is 0.141. The second-order valence-electron chi connectivity index (χ2n) is 4.26. The molecule has 4 heteroatoms. The molecule has 0 aromatic heterocycles. The van der Waals surface area contributed by atoms with Crippen molar-refractivity contribution < 1.29 is 9.53 Å². The first-order valence-corrected chi connectivity index (χ1v) is 5.94. The smallest absolute Gasteiger partial charge is 0.251 e. The predicted molar refractivity (Wildman–Crippen MR) is 57.7 cm³/mol. The Morgan fingerprint density at radius 2 is 2.07 bits per heavy atom. The van der Waals surface area contributed by atoms with Gasteiger partial charge in [-0.15, -0.1) is 0 Å². The Labute approximate surface area is 91.2 Å². The van der Waals surface area contributed by atoms with Crippen molar-refractivity contribution >= 4 is 5.91 Å². The molecule has 2 aliphatic rings. The molecule has 0 radical (unpaired) electrons. The molecule has 2 rings (SSSR count). The second kappa shape index (κ2) is 4.94. The number of carbonyl (C=O) groups is 1. The van der Waals surface area contributed by atoms with E-state index in [-0.39, 0.29) is 12.0 Å². The number of ether oxygens (including phenoxy) is 1. The van der Waals surface area contributed by atoms with E-state index < -0.39 is 0 Å². The van der Waals surface area contributed by atoms with Crippen LogP contribution in [0.15, 0.2) is 0 Å². The predicted octanol–water partition coefficient (Wildman–Crippen LogP) is 0.329. The van der Waals surface area contributed by atoms with Gasteiger partial charge in [0.2, 0.25) is 0 Å². The van der Waals surface area contributed by atoms with Crippen molar-refractivity contribution in [3.63, 3.8) is 0 Å². The molecule has 2 aliphatic heterocycles. The van der Waals surface area contributed by atoms with Crippen LogP contribution >= 0.6 is 0 Å². The van der Waals surface area contributed by atoms with Gasteiger partial charge < -0.3 is 14.5 Å². The Morgan fingerprint density at radius 1 is 1.33 bits per heavy atom. The molecule has 86 valence electrons. The van der Waals surface area contributed by atoms with Crippen molar-refractivity contribution in [1.29, 1.82) is 0 Å². The highest BCUT2D eigenvalue weighted by Gasteiger charge is 2.29. The fraction of sp³-hybridized carbons (Fsp3) is 0.909. The fourth-order valence-corrected chi connectivity index (χ4v) is 2.26. The molecule has 0 aromatic carbocycles. The summed E-state index contributed by atoms with van der Waals surface area (Å²) in [5.41, 5.74) is 0. The van der Waals surface area contributed by atoms with E-state index in [9.17, 15) is 4.79 Å². The van der Waals surface area contributed by atoms with Gasteiger partial charge in [0, 0.05) is 32.8 Å². The third-order valence-corrected chi connectivity index (χ3v) is 3.34. The van der Waals surface area contributed by atoms with E-state index >= 15 is 0 Å². The van der Waals surface area contributed by atoms with Crippen molar-refractivity contribution in [3.05, 3.63) is 0 Å². The first-order chi connectivity index (χ1) is 7.31. The average molecular weight is 212 g/mol. The van der Waals surface area contributed by atoms with E-state index in [0.717, 1.165) is 52.2 Å². The van der Waals surface area contributed by atoms with Crippen LogP contribution in [0.5, 0.6) is 0 Å². The quantitative estimate of drug-likeness (QED) is 0.661. The summed E-state index contributed by atoms with van der Waals surface area (Å²) in [5.74, 6) is 0.211. The van der Waals surface area contributed by atoms with E-state index in [0.29, 0.717) is 0 Å². The number of hydrogen-bond donors (Lipinski definition) is 0. The van der Waals surface area contributed by atoms with Crippen LogP contribution in [0.1, 0.15) is 19.8 Å². The summed E-state index contributed by atoms with van der Waals surface area (Å²) in [6, 6.07) is 0. The average Bonchev–Trinajstić information content (AvgIpc) is 2.82. The third-order valence-electron chi connectivity index (χ3n) is 3.34. The van der Waals surface area contributed by atoms with Crippen LogP contribution in [0.3, 0.4) is 0 Å². The van der Waals surface area contributed by atoms with Gasteiger partial charge >= 0.3 is 0 Å². The van der Waals surface area contributed by atoms with Crippen LogP contribution in [-0.4, -0.2) is 61.1 Å². The number of amides is 1. The van der Waals surface area contributed by atoms with E-state index in [4.69, 9.17) is 4.74 Å². The molecule has 0 aromatic rings. The summed E-state index contributed by atoms with van der Waals surface area (Å²) >= 11 is 0. The molecule has 4 nitrogen and oxygen atoms in total. The molecule has 2 heterocycles. The van der Waals surface area contributed by atoms with E-state index in [1.165, 1.54) is 0 Å². The van der Waals surface area contributed by atoms with Crippen molar-refractivity contribution in [1.82, 2.24) is 9.80 Å². The van der Waals surface area contributed by atoms with E-state index in [1.54, 1.807) is 0 Å². The first-order valence-electron chi connectivity index (χ1n) is 5.94. The van der Waals surface area contributed by atoms with E-state index in [2.05, 4.69) is 11.8 Å². The number of nitrogens with zero attached hydrogens (tertiary/aromatic N) is 2. The molecule has 0 spiro atoms. The lowest BCUT2D eigenvalue weighted by Gasteiger charge is -2.35. The maximum atomic E-state index is 12.0. The van der Waals surface area contributed by atoms with Crippen LogP contribution in [0.2, 0.25) is 0 Å². The van der Waals surface area contributed by atoms with Gasteiger partial charge in [-0.2, -0.15) is 0 Å². The van der Waals surface area contributed by atoms with Crippen LogP contribution in [0.25, 0.3) is 0 Å². The Hall–Kier alpha value is -0.610. The molecular weight excluding hydrogens is 192 g/mol. The van der Waals surface area contributed by atoms with Crippen LogP contribution in [-0.2, 0) is 9.53 Å². The standard InChI is InChI=1S/C11H20N2O2/c1-2-12-5-7-13(8-6-12)11(14)10-4-3-9-15-10/h10H,2-9H2,1H3. The van der Waals surface area contributed by atoms with Crippen LogP contribution < -0.4 is 0 Å². The highest BCUT2D eigenvalue weighted by atomic mass is 16.5. The number of hydrogen-bond acceptors (Lipinski definition) is 3. The second-order valence-corrected chi connectivity index (χ2v) is 4.26. The minimum Gasteiger partial charge on any atom is -0.368 e. The topological polar surface area (TPSA) is 32.8 Å². The number of rotatable bonds is 2. The van der Waals surface area contributed by atoms with Gasteiger partial charge in [0.1, 0.15) is 6.10 Å². The van der Waals surface area contributed by atoms with Gasteiger partial charge in [0.15, 0.2) is 0 Å². The fourth-order valence-electron chi connectivity index (χ4n) is 2.26. The maximum absolute atomic E-state index is 12.0. The molecule has 1 unspecified atom stereocenters. The molecule has 2 fully saturated rings. The number of likely N-dealkylation sites (N-methyl/N-ethyl adjacent to an activating group) is 1. The highest BCUT2D eigenvalue weighted by Crippen LogP contribution is 2.15. The Kier molecular flexibility index (Phi) is 3.59. The molecule has 1 atom stereocenters. The Balaban J connectivity index is 1.81. The van der Waals surface area contributed by atoms with Gasteiger partial charge in [-0.1, -0.05) is 6.92 Å². The van der Waals surface area contributed by atoms with Crippen molar-refractivity contribution in [2.75, 3.05) is 39.3 Å². The van der Waals surface area contributed by atoms with Gasteiger partial charge in [-0.25, -0.2) is 0 Å². The summed E-state index contributed by atoms with van der Waals surface area (Å²) in [5, 5.41) is 0. The number of piperazine rings is 1. The van der Waals surface area contributed by atoms with Gasteiger partial charge in [-0.3, -0.25) is 4.79 Å². The highest BCUT2D eigenvalue weighted by molar-refractivity contribution is 5.81. The van der Waals surface area contributed by atoms with Crippen molar-refractivity contribution in [2.24, 2.45) is 0 Å². The Morgan fingerprint density at radius 3 is 2.60 bits per heavy atom. The lowest BCUT2D eigenvalue weighted by atomic mass is 10.2. The lowest BCUT2D eigenvalue weighted by Crippen LogP contribution is -2.51. The maximum Gasteiger partial charge on any atom is 0.251 e. The SMILES string of the molecule is CCN1CCN(C(=O)C2CCCO2)CC1. The van der Waals surface area contributed by atoms with Crippen molar-refractivity contribution in [2.45, 2.75) is 25.9 Å². The molecular formula is C11H20N2O2. The van der Waals surface area contributed by atoms with Gasteiger partial charge in [0.25, 0.3) is 5.91 Å². The molecule has 0 aliphatic carbocycles. The van der Waals surface area contributed by atoms with E-state index in [1.807, 2.05) is 4.90 Å². The summed E-state index contributed by atoms with van der Waals surface area (Å²) in [4.78, 5) is 16.3. The van der Waals surface area contributed by atoms with Crippen LogP contribution in [0, 0.1) is 0 Å². The van der Waals surface area contributed by atoms with Gasteiger partial charge in [-0.05, 0) is 19.4 Å². The minimum atomic E-state index is -0.141. The molecule has 2 saturated heterocycles. The first kappa shape index (κ1) is 10.9. The third kappa shape index (κ3) is 2.49. The largest absolute Gasteiger partial charge is 0.368 e. The number of carbonyl (C=O) groups excluding carboxylic acids is 1. The summed E-state index contributed by atoms with van der Waals surface area (Å²) in [6.07, 6.45) is 1.80. The molecule has 1 amide bonds. The van der Waals surface area contributed by atoms with Crippen LogP contribution in [0.4, 0.5) is 0 Å². The summed E-state index contributed by atoms with van der Waals surface area (Å²) in [6.45, 7) is 7.76. The van der Waals surface area contributed by atoms with Gasteiger partial charge in [0.05, 0.1) is 0 Å². The molecule has 15 heavy (non-hydrogen) atoms. The lowest BCUT2D eigenvalue weighted by molar-refractivity contribution is -0.142.